The Morgan fingerprint density at radius 3 is 2.26 bits per heavy atom. The minimum absolute atomic E-state index is 0.0840. The fourth-order valence-electron chi connectivity index (χ4n) is 11.1. The molecule has 0 saturated heterocycles. The lowest BCUT2D eigenvalue weighted by atomic mass is 9.41. The van der Waals surface area contributed by atoms with Gasteiger partial charge < -0.3 is 5.11 Å². The Bertz CT molecular complexity index is 760. The predicted octanol–water partition coefficient (Wildman–Crippen LogP) is 8.17. The van der Waals surface area contributed by atoms with Crippen molar-refractivity contribution in [2.45, 2.75) is 125 Å². The zero-order valence-electron chi connectivity index (χ0n) is 21.7. The molecule has 31 heavy (non-hydrogen) atoms. The van der Waals surface area contributed by atoms with E-state index < -0.39 is 0 Å². The summed E-state index contributed by atoms with van der Waals surface area (Å²) in [5, 5.41) is 10.8. The highest BCUT2D eigenvalue weighted by atomic mass is 16.3. The first kappa shape index (κ1) is 22.5. The molecule has 5 aliphatic rings. The first-order valence-electron chi connectivity index (χ1n) is 13.8. The van der Waals surface area contributed by atoms with Gasteiger partial charge in [0.25, 0.3) is 0 Å². The van der Waals surface area contributed by atoms with Crippen molar-refractivity contribution in [3.63, 3.8) is 0 Å². The molecule has 0 bridgehead atoms. The zero-order valence-corrected chi connectivity index (χ0v) is 21.7. The summed E-state index contributed by atoms with van der Waals surface area (Å²) in [7, 11) is 0. The van der Waals surface area contributed by atoms with Crippen LogP contribution in [0.1, 0.15) is 119 Å². The molecule has 2 unspecified atom stereocenters. The van der Waals surface area contributed by atoms with Gasteiger partial charge in [0, 0.05) is 0 Å². The smallest absolute Gasteiger partial charge is 0.0594 e. The van der Waals surface area contributed by atoms with Gasteiger partial charge in [-0.1, -0.05) is 46.3 Å². The van der Waals surface area contributed by atoms with E-state index in [1.54, 1.807) is 0 Å². The molecule has 1 nitrogen and oxygen atoms in total. The van der Waals surface area contributed by atoms with Gasteiger partial charge >= 0.3 is 0 Å². The maximum atomic E-state index is 10.8. The lowest BCUT2D eigenvalue weighted by Gasteiger charge is -2.63. The van der Waals surface area contributed by atoms with Crippen LogP contribution in [0.3, 0.4) is 0 Å². The van der Waals surface area contributed by atoms with E-state index >= 15 is 0 Å². The minimum atomic E-state index is -0.0840. The van der Waals surface area contributed by atoms with Crippen LogP contribution in [0.15, 0.2) is 11.6 Å². The third-order valence-electron chi connectivity index (χ3n) is 13.0. The monoisotopic (exact) mass is 426 g/mol. The van der Waals surface area contributed by atoms with E-state index in [0.717, 1.165) is 30.1 Å². The van der Waals surface area contributed by atoms with Crippen LogP contribution in [-0.2, 0) is 0 Å². The van der Waals surface area contributed by atoms with Crippen molar-refractivity contribution in [2.75, 3.05) is 0 Å². The Morgan fingerprint density at radius 2 is 1.55 bits per heavy atom. The third kappa shape index (κ3) is 2.71. The van der Waals surface area contributed by atoms with Crippen molar-refractivity contribution in [3.05, 3.63) is 11.6 Å². The van der Waals surface area contributed by atoms with Gasteiger partial charge in [-0.05, 0) is 135 Å². The average Bonchev–Trinajstić information content (AvgIpc) is 3.27. The Hall–Kier alpha value is -0.300. The van der Waals surface area contributed by atoms with Crippen LogP contribution in [-0.4, -0.2) is 11.2 Å². The van der Waals surface area contributed by atoms with Crippen LogP contribution in [0.5, 0.6) is 0 Å². The number of hydrogen-bond donors (Lipinski definition) is 1. The van der Waals surface area contributed by atoms with Crippen molar-refractivity contribution >= 4 is 0 Å². The van der Waals surface area contributed by atoms with E-state index in [2.05, 4.69) is 54.5 Å². The van der Waals surface area contributed by atoms with Crippen molar-refractivity contribution in [2.24, 2.45) is 50.7 Å². The fraction of sp³-hybridized carbons (Fsp3) is 0.933. The second-order valence-electron chi connectivity index (χ2n) is 14.4. The summed E-state index contributed by atoms with van der Waals surface area (Å²) >= 11 is 0. The van der Waals surface area contributed by atoms with E-state index in [0.29, 0.717) is 21.7 Å². The van der Waals surface area contributed by atoms with E-state index in [1.165, 1.54) is 69.8 Å². The summed E-state index contributed by atoms with van der Waals surface area (Å²) < 4.78 is 0. The largest absolute Gasteiger partial charge is 0.393 e. The predicted molar refractivity (Wildman–Crippen MR) is 131 cm³/mol. The number of rotatable bonds is 4. The SMILES string of the molecule is CC(C)=CCCC(C)[C@H]1CC[C@@]2(C)C3CC[C@H]4C(C)(C)[C@@H](O)CC[C@@]45C[C@@]35CC[C@]12C. The van der Waals surface area contributed by atoms with Crippen molar-refractivity contribution in [1.29, 1.82) is 0 Å². The van der Waals surface area contributed by atoms with Gasteiger partial charge in [0.05, 0.1) is 6.10 Å². The number of hydrogen-bond acceptors (Lipinski definition) is 1. The zero-order chi connectivity index (χ0) is 22.4. The lowest BCUT2D eigenvalue weighted by molar-refractivity contribution is -0.161. The number of allylic oxidation sites excluding steroid dienone is 2. The quantitative estimate of drug-likeness (QED) is 0.449. The third-order valence-corrected chi connectivity index (χ3v) is 13.0. The summed E-state index contributed by atoms with van der Waals surface area (Å²) in [4.78, 5) is 0. The second kappa shape index (κ2) is 6.86. The molecule has 5 fully saturated rings. The van der Waals surface area contributed by atoms with Crippen molar-refractivity contribution < 1.29 is 5.11 Å². The van der Waals surface area contributed by atoms with E-state index in [-0.39, 0.29) is 11.5 Å². The Kier molecular flexibility index (Phi) is 4.98. The number of aliphatic hydroxyl groups excluding tert-OH is 1. The molecule has 9 atom stereocenters. The van der Waals surface area contributed by atoms with Crippen LogP contribution in [0.25, 0.3) is 0 Å². The first-order valence-corrected chi connectivity index (χ1v) is 13.8. The molecule has 0 amide bonds. The molecule has 5 saturated carbocycles. The van der Waals surface area contributed by atoms with Crippen LogP contribution in [0.4, 0.5) is 0 Å². The molecule has 2 spiro atoms. The van der Waals surface area contributed by atoms with Crippen LogP contribution in [0, 0.1) is 50.7 Å². The highest BCUT2D eigenvalue weighted by Crippen LogP contribution is 2.89. The highest BCUT2D eigenvalue weighted by Gasteiger charge is 2.82. The molecule has 1 heteroatoms. The minimum Gasteiger partial charge on any atom is -0.393 e. The summed E-state index contributed by atoms with van der Waals surface area (Å²) in [5.74, 6) is 3.46. The van der Waals surface area contributed by atoms with Gasteiger partial charge in [-0.25, -0.2) is 0 Å². The van der Waals surface area contributed by atoms with Gasteiger partial charge in [0.15, 0.2) is 0 Å². The molecule has 5 aliphatic carbocycles. The maximum absolute atomic E-state index is 10.8. The van der Waals surface area contributed by atoms with Crippen molar-refractivity contribution in [1.82, 2.24) is 0 Å². The van der Waals surface area contributed by atoms with Gasteiger partial charge in [-0.15, -0.1) is 0 Å². The summed E-state index contributed by atoms with van der Waals surface area (Å²) in [6, 6.07) is 0. The Balaban J connectivity index is 1.41. The summed E-state index contributed by atoms with van der Waals surface area (Å²) in [6.45, 7) is 17.3. The molecular weight excluding hydrogens is 376 g/mol. The van der Waals surface area contributed by atoms with Crippen molar-refractivity contribution in [3.8, 4) is 0 Å². The molecule has 1 N–H and O–H groups in total. The lowest BCUT2D eigenvalue weighted by Crippen LogP contribution is -2.57. The number of aliphatic hydroxyl groups is 1. The summed E-state index contributed by atoms with van der Waals surface area (Å²) in [6.07, 6.45) is 17.6. The maximum Gasteiger partial charge on any atom is 0.0594 e. The molecular formula is C30H50O. The van der Waals surface area contributed by atoms with E-state index in [1.807, 2.05) is 0 Å². The van der Waals surface area contributed by atoms with Crippen LogP contribution < -0.4 is 0 Å². The van der Waals surface area contributed by atoms with Crippen LogP contribution >= 0.6 is 0 Å². The van der Waals surface area contributed by atoms with E-state index in [4.69, 9.17) is 0 Å². The topological polar surface area (TPSA) is 20.2 Å². The first-order chi connectivity index (χ1) is 14.4. The van der Waals surface area contributed by atoms with Gasteiger partial charge in [-0.2, -0.15) is 0 Å². The Labute approximate surface area is 192 Å². The van der Waals surface area contributed by atoms with Gasteiger partial charge in [0.2, 0.25) is 0 Å². The number of fused-ring (bicyclic) bond motifs is 2. The fourth-order valence-corrected chi connectivity index (χ4v) is 11.1. The molecule has 5 rings (SSSR count). The van der Waals surface area contributed by atoms with Gasteiger partial charge in [0.1, 0.15) is 0 Å². The molecule has 0 aromatic rings. The standard InChI is InChI=1S/C30H50O/c1-20(2)9-8-10-21(3)22-13-15-28(7)24-12-11-23-26(4,5)25(31)14-16-29(23)19-30(24,29)18-17-27(22,28)6/h9,21-25,31H,8,10-19H2,1-7H3/t21?,22-,23+,24?,25+,27-,28+,29-,30+/m1/s1. The average molecular weight is 427 g/mol. The Morgan fingerprint density at radius 1 is 0.871 bits per heavy atom. The molecule has 0 radical (unpaired) electrons. The second-order valence-corrected chi connectivity index (χ2v) is 14.4. The highest BCUT2D eigenvalue weighted by molar-refractivity contribution is 5.30. The van der Waals surface area contributed by atoms with E-state index in [9.17, 15) is 5.11 Å². The summed E-state index contributed by atoms with van der Waals surface area (Å²) in [5.41, 5.74) is 3.87. The molecule has 0 heterocycles. The van der Waals surface area contributed by atoms with Crippen LogP contribution in [0.2, 0.25) is 0 Å². The van der Waals surface area contributed by atoms with Gasteiger partial charge in [-0.3, -0.25) is 0 Å². The molecule has 0 aromatic heterocycles. The molecule has 176 valence electrons. The molecule has 0 aliphatic heterocycles. The molecule has 0 aromatic carbocycles. The normalized spacial score (nSPS) is 52.9.